The molecular weight excluding hydrogens is 247 g/mol. The standard InChI is InChI=1S/C10H10F3N5/c1-6(14)9-15-16-17-18(9)8-4-2-3-7(5-8)10(11,12)13/h2-6H,14H2,1H3. The van der Waals surface area contributed by atoms with Crippen molar-refractivity contribution in [3.05, 3.63) is 35.7 Å². The zero-order valence-corrected chi connectivity index (χ0v) is 9.39. The summed E-state index contributed by atoms with van der Waals surface area (Å²) in [4.78, 5) is 0. The molecule has 1 atom stereocenters. The van der Waals surface area contributed by atoms with E-state index in [0.717, 1.165) is 12.1 Å². The smallest absolute Gasteiger partial charge is 0.321 e. The van der Waals surface area contributed by atoms with E-state index >= 15 is 0 Å². The van der Waals surface area contributed by atoms with Gasteiger partial charge in [0.25, 0.3) is 0 Å². The first-order chi connectivity index (χ1) is 8.39. The van der Waals surface area contributed by atoms with Gasteiger partial charge in [0.15, 0.2) is 5.82 Å². The molecule has 1 aromatic carbocycles. The highest BCUT2D eigenvalue weighted by molar-refractivity contribution is 5.36. The molecule has 2 rings (SSSR count). The van der Waals surface area contributed by atoms with Gasteiger partial charge in [0.1, 0.15) is 0 Å². The van der Waals surface area contributed by atoms with Crippen LogP contribution in [0.4, 0.5) is 13.2 Å². The van der Waals surface area contributed by atoms with Crippen LogP contribution in [0.25, 0.3) is 5.69 Å². The molecule has 1 heterocycles. The highest BCUT2D eigenvalue weighted by Gasteiger charge is 2.30. The summed E-state index contributed by atoms with van der Waals surface area (Å²) >= 11 is 0. The molecule has 0 saturated heterocycles. The lowest BCUT2D eigenvalue weighted by atomic mass is 10.2. The number of halogens is 3. The molecule has 0 aliphatic heterocycles. The molecule has 96 valence electrons. The summed E-state index contributed by atoms with van der Waals surface area (Å²) in [5.74, 6) is 0.300. The summed E-state index contributed by atoms with van der Waals surface area (Å²) in [5.41, 5.74) is 5.10. The number of tetrazole rings is 1. The average Bonchev–Trinajstić information content (AvgIpc) is 2.77. The fourth-order valence-corrected chi connectivity index (χ4v) is 1.48. The van der Waals surface area contributed by atoms with Crippen LogP contribution in [0.5, 0.6) is 0 Å². The van der Waals surface area contributed by atoms with Crippen LogP contribution in [0.2, 0.25) is 0 Å². The Morgan fingerprint density at radius 2 is 2.06 bits per heavy atom. The Bertz CT molecular complexity index is 546. The highest BCUT2D eigenvalue weighted by Crippen LogP contribution is 2.30. The lowest BCUT2D eigenvalue weighted by Crippen LogP contribution is -2.14. The van der Waals surface area contributed by atoms with E-state index in [1.165, 1.54) is 16.8 Å². The van der Waals surface area contributed by atoms with Crippen molar-refractivity contribution >= 4 is 0 Å². The third-order valence-electron chi connectivity index (χ3n) is 2.32. The van der Waals surface area contributed by atoms with Gasteiger partial charge in [0.05, 0.1) is 17.3 Å². The molecule has 0 amide bonds. The second kappa shape index (κ2) is 4.37. The first kappa shape index (κ1) is 12.5. The highest BCUT2D eigenvalue weighted by atomic mass is 19.4. The van der Waals surface area contributed by atoms with Gasteiger partial charge < -0.3 is 5.73 Å². The van der Waals surface area contributed by atoms with E-state index in [0.29, 0.717) is 5.82 Å². The van der Waals surface area contributed by atoms with Gasteiger partial charge >= 0.3 is 6.18 Å². The summed E-state index contributed by atoms with van der Waals surface area (Å²) in [6.45, 7) is 1.65. The summed E-state index contributed by atoms with van der Waals surface area (Å²) < 4.78 is 38.9. The monoisotopic (exact) mass is 257 g/mol. The number of nitrogens with zero attached hydrogens (tertiary/aromatic N) is 4. The van der Waals surface area contributed by atoms with Crippen molar-refractivity contribution in [2.75, 3.05) is 0 Å². The molecule has 8 heteroatoms. The largest absolute Gasteiger partial charge is 0.416 e. The average molecular weight is 257 g/mol. The summed E-state index contributed by atoms with van der Waals surface area (Å²) in [7, 11) is 0. The topological polar surface area (TPSA) is 69.6 Å². The first-order valence-corrected chi connectivity index (χ1v) is 5.11. The molecule has 0 aliphatic rings. The zero-order valence-electron chi connectivity index (χ0n) is 9.39. The molecule has 18 heavy (non-hydrogen) atoms. The third kappa shape index (κ3) is 2.33. The van der Waals surface area contributed by atoms with Crippen LogP contribution >= 0.6 is 0 Å². The van der Waals surface area contributed by atoms with Gasteiger partial charge in [-0.25, -0.2) is 0 Å². The maximum absolute atomic E-state index is 12.6. The van der Waals surface area contributed by atoms with Crippen molar-refractivity contribution in [3.8, 4) is 5.69 Å². The Labute approximate surface area is 100 Å². The van der Waals surface area contributed by atoms with E-state index in [4.69, 9.17) is 5.73 Å². The van der Waals surface area contributed by atoms with E-state index in [9.17, 15) is 13.2 Å². The van der Waals surface area contributed by atoms with Crippen LogP contribution in [0.1, 0.15) is 24.4 Å². The number of aromatic nitrogens is 4. The predicted molar refractivity (Wildman–Crippen MR) is 56.8 cm³/mol. The number of rotatable bonds is 2. The molecule has 0 spiro atoms. The number of hydrogen-bond acceptors (Lipinski definition) is 4. The van der Waals surface area contributed by atoms with Crippen LogP contribution in [0.3, 0.4) is 0 Å². The molecular formula is C10H10F3N5. The van der Waals surface area contributed by atoms with Gasteiger partial charge in [-0.1, -0.05) is 6.07 Å². The number of alkyl halides is 3. The van der Waals surface area contributed by atoms with Crippen molar-refractivity contribution in [1.29, 1.82) is 0 Å². The first-order valence-electron chi connectivity index (χ1n) is 5.11. The molecule has 2 N–H and O–H groups in total. The lowest BCUT2D eigenvalue weighted by molar-refractivity contribution is -0.137. The van der Waals surface area contributed by atoms with E-state index in [-0.39, 0.29) is 5.69 Å². The van der Waals surface area contributed by atoms with Gasteiger partial charge in [0.2, 0.25) is 0 Å². The molecule has 0 saturated carbocycles. The Balaban J connectivity index is 2.48. The van der Waals surface area contributed by atoms with Crippen molar-refractivity contribution in [1.82, 2.24) is 20.2 Å². The van der Waals surface area contributed by atoms with Gasteiger partial charge in [-0.2, -0.15) is 17.9 Å². The Morgan fingerprint density at radius 3 is 2.67 bits per heavy atom. The van der Waals surface area contributed by atoms with Crippen molar-refractivity contribution < 1.29 is 13.2 Å². The normalized spacial score (nSPS) is 13.6. The van der Waals surface area contributed by atoms with Gasteiger partial charge in [-0.3, -0.25) is 0 Å². The van der Waals surface area contributed by atoms with Crippen molar-refractivity contribution in [3.63, 3.8) is 0 Å². The van der Waals surface area contributed by atoms with E-state index in [1.807, 2.05) is 0 Å². The molecule has 0 aliphatic carbocycles. The maximum Gasteiger partial charge on any atom is 0.416 e. The molecule has 5 nitrogen and oxygen atoms in total. The van der Waals surface area contributed by atoms with E-state index in [1.54, 1.807) is 6.92 Å². The van der Waals surface area contributed by atoms with Crippen LogP contribution in [-0.4, -0.2) is 20.2 Å². The lowest BCUT2D eigenvalue weighted by Gasteiger charge is -2.10. The minimum absolute atomic E-state index is 0.224. The van der Waals surface area contributed by atoms with Gasteiger partial charge in [-0.15, -0.1) is 5.10 Å². The van der Waals surface area contributed by atoms with Crippen LogP contribution in [0.15, 0.2) is 24.3 Å². The van der Waals surface area contributed by atoms with Crippen LogP contribution in [-0.2, 0) is 6.18 Å². The third-order valence-corrected chi connectivity index (χ3v) is 2.32. The van der Waals surface area contributed by atoms with E-state index in [2.05, 4.69) is 15.5 Å². The van der Waals surface area contributed by atoms with E-state index < -0.39 is 17.8 Å². The molecule has 1 aromatic heterocycles. The number of benzene rings is 1. The quantitative estimate of drug-likeness (QED) is 0.889. The van der Waals surface area contributed by atoms with Crippen LogP contribution in [0, 0.1) is 0 Å². The predicted octanol–water partition coefficient (Wildman–Crippen LogP) is 1.70. The fraction of sp³-hybridized carbons (Fsp3) is 0.300. The maximum atomic E-state index is 12.6. The van der Waals surface area contributed by atoms with Crippen LogP contribution < -0.4 is 5.73 Å². The second-order valence-corrected chi connectivity index (χ2v) is 3.79. The molecule has 0 fully saturated rings. The van der Waals surface area contributed by atoms with Gasteiger partial charge in [-0.05, 0) is 35.5 Å². The zero-order chi connectivity index (χ0) is 13.3. The van der Waals surface area contributed by atoms with Crippen molar-refractivity contribution in [2.45, 2.75) is 19.1 Å². The minimum Gasteiger partial charge on any atom is -0.321 e. The Kier molecular flexibility index (Phi) is 3.04. The Hall–Kier alpha value is -1.96. The molecule has 0 radical (unpaired) electrons. The number of hydrogen-bond donors (Lipinski definition) is 1. The molecule has 2 aromatic rings. The molecule has 1 unspecified atom stereocenters. The van der Waals surface area contributed by atoms with Gasteiger partial charge in [0, 0.05) is 0 Å². The SMILES string of the molecule is CC(N)c1nnnn1-c1cccc(C(F)(F)F)c1. The Morgan fingerprint density at radius 1 is 1.33 bits per heavy atom. The second-order valence-electron chi connectivity index (χ2n) is 3.79. The molecule has 0 bridgehead atoms. The summed E-state index contributed by atoms with van der Waals surface area (Å²) in [5, 5.41) is 10.7. The summed E-state index contributed by atoms with van der Waals surface area (Å²) in [6, 6.07) is 4.26. The minimum atomic E-state index is -4.40. The number of nitrogens with two attached hydrogens (primary N) is 1. The van der Waals surface area contributed by atoms with Crippen molar-refractivity contribution in [2.24, 2.45) is 5.73 Å². The summed E-state index contributed by atoms with van der Waals surface area (Å²) in [6.07, 6.45) is -4.40. The fourth-order valence-electron chi connectivity index (χ4n) is 1.48.